The van der Waals surface area contributed by atoms with Crippen LogP contribution in [0.25, 0.3) is 11.0 Å². The predicted molar refractivity (Wildman–Crippen MR) is 116 cm³/mol. The Morgan fingerprint density at radius 3 is 2.55 bits per heavy atom. The van der Waals surface area contributed by atoms with Crippen LogP contribution in [0, 0.1) is 23.7 Å². The zero-order valence-electron chi connectivity index (χ0n) is 18.0. The van der Waals surface area contributed by atoms with E-state index in [0.717, 1.165) is 56.1 Å². The summed E-state index contributed by atoms with van der Waals surface area (Å²) >= 11 is 0. The molecule has 5 atom stereocenters. The number of aromatic amines is 1. The topological polar surface area (TPSA) is 78.4 Å². The van der Waals surface area contributed by atoms with Crippen molar-refractivity contribution >= 4 is 22.8 Å². The molecule has 2 amide bonds. The Morgan fingerprint density at radius 2 is 1.81 bits per heavy atom. The molecule has 1 aromatic heterocycles. The van der Waals surface area contributed by atoms with Gasteiger partial charge in [-0.2, -0.15) is 0 Å². The molecule has 164 valence electrons. The number of hydrogen-bond donors (Lipinski definition) is 1. The second-order valence-corrected chi connectivity index (χ2v) is 10.1. The highest BCUT2D eigenvalue weighted by Gasteiger charge is 2.60. The predicted octanol–water partition coefficient (Wildman–Crippen LogP) is 2.00. The lowest BCUT2D eigenvalue weighted by atomic mass is 9.81. The second-order valence-electron chi connectivity index (χ2n) is 10.1. The number of likely N-dealkylation sites (tertiary alicyclic amines) is 1. The van der Waals surface area contributed by atoms with Crippen LogP contribution in [0.4, 0.5) is 0 Å². The van der Waals surface area contributed by atoms with Gasteiger partial charge in [-0.05, 0) is 75.6 Å². The first-order chi connectivity index (χ1) is 15.0. The van der Waals surface area contributed by atoms with Gasteiger partial charge in [0.05, 0.1) is 22.9 Å². The molecule has 7 nitrogen and oxygen atoms in total. The number of fused-ring (bicyclic) bond motifs is 5. The lowest BCUT2D eigenvalue weighted by Gasteiger charge is -2.32. The number of nitrogens with zero attached hydrogens (tertiary/aromatic N) is 3. The quantitative estimate of drug-likeness (QED) is 0.571. The molecule has 3 heterocycles. The van der Waals surface area contributed by atoms with E-state index < -0.39 is 0 Å². The molecule has 4 aliphatic rings. The molecule has 2 saturated carbocycles. The molecule has 6 rings (SSSR count). The number of para-hydroxylation sites is 1. The first kappa shape index (κ1) is 19.3. The molecule has 2 aliphatic carbocycles. The van der Waals surface area contributed by atoms with Crippen molar-refractivity contribution in [3.05, 3.63) is 34.2 Å². The summed E-state index contributed by atoms with van der Waals surface area (Å²) in [7, 11) is 2.11. The van der Waals surface area contributed by atoms with Crippen LogP contribution < -0.4 is 5.69 Å². The number of aromatic nitrogens is 2. The summed E-state index contributed by atoms with van der Waals surface area (Å²) in [5, 5.41) is 0. The lowest BCUT2D eigenvalue weighted by molar-refractivity contribution is -0.140. The molecule has 0 radical (unpaired) electrons. The zero-order valence-corrected chi connectivity index (χ0v) is 18.0. The van der Waals surface area contributed by atoms with E-state index >= 15 is 0 Å². The standard InChI is InChI=1S/C24H30N4O3/c1-26(17-12-16-5-4-6-18-21(16)28(13-17)24(31)25-18)9-2-3-10-27-22(29)19-14-7-8-15(11-14)20(19)23(27)30/h4-6,14-15,17,19-20H,2-3,7-13H2,1H3,(H,25,31)/t14?,15?,17-,19?,20?/m0/s1. The minimum atomic E-state index is -0.0360. The molecule has 1 saturated heterocycles. The molecule has 7 heteroatoms. The van der Waals surface area contributed by atoms with Gasteiger partial charge in [0.2, 0.25) is 11.8 Å². The second kappa shape index (κ2) is 7.05. The average molecular weight is 423 g/mol. The number of imidazole rings is 1. The third-order valence-corrected chi connectivity index (χ3v) is 8.51. The molecule has 0 spiro atoms. The van der Waals surface area contributed by atoms with E-state index in [9.17, 15) is 14.4 Å². The smallest absolute Gasteiger partial charge is 0.306 e. The van der Waals surface area contributed by atoms with Crippen molar-refractivity contribution in [3.8, 4) is 0 Å². The Labute approximate surface area is 181 Å². The van der Waals surface area contributed by atoms with Gasteiger partial charge in [0.15, 0.2) is 0 Å². The highest BCUT2D eigenvalue weighted by molar-refractivity contribution is 6.06. The van der Waals surface area contributed by atoms with E-state index in [1.165, 1.54) is 5.56 Å². The highest BCUT2D eigenvalue weighted by Crippen LogP contribution is 2.56. The summed E-state index contributed by atoms with van der Waals surface area (Å²) in [5.74, 6) is 1.12. The fourth-order valence-electron chi connectivity index (χ4n) is 6.96. The molecule has 2 aliphatic heterocycles. The van der Waals surface area contributed by atoms with Crippen LogP contribution in [0.2, 0.25) is 0 Å². The number of rotatable bonds is 6. The van der Waals surface area contributed by atoms with Crippen LogP contribution in [0.5, 0.6) is 0 Å². The van der Waals surface area contributed by atoms with E-state index in [0.29, 0.717) is 24.9 Å². The number of imide groups is 1. The Balaban J connectivity index is 1.04. The molecule has 1 aromatic carbocycles. The number of amides is 2. The molecule has 2 aromatic rings. The molecule has 2 bridgehead atoms. The lowest BCUT2D eigenvalue weighted by Crippen LogP contribution is -2.42. The number of nitrogens with one attached hydrogen (secondary N) is 1. The van der Waals surface area contributed by atoms with Crippen LogP contribution >= 0.6 is 0 Å². The van der Waals surface area contributed by atoms with Gasteiger partial charge in [-0.15, -0.1) is 0 Å². The fourth-order valence-corrected chi connectivity index (χ4v) is 6.96. The van der Waals surface area contributed by atoms with E-state index in [-0.39, 0.29) is 35.4 Å². The Bertz CT molecular complexity index is 1090. The third kappa shape index (κ3) is 2.85. The number of likely N-dealkylation sites (N-methyl/N-ethyl adjacent to an activating group) is 1. The van der Waals surface area contributed by atoms with E-state index in [4.69, 9.17) is 0 Å². The summed E-state index contributed by atoms with van der Waals surface area (Å²) in [5.41, 5.74) is 3.14. The van der Waals surface area contributed by atoms with Gasteiger partial charge in [0, 0.05) is 19.1 Å². The zero-order chi connectivity index (χ0) is 21.3. The summed E-state index contributed by atoms with van der Waals surface area (Å²) in [6.07, 6.45) is 6.06. The normalized spacial score (nSPS) is 31.4. The molecule has 4 unspecified atom stereocenters. The largest absolute Gasteiger partial charge is 0.326 e. The molecule has 31 heavy (non-hydrogen) atoms. The van der Waals surface area contributed by atoms with Crippen molar-refractivity contribution < 1.29 is 9.59 Å². The monoisotopic (exact) mass is 422 g/mol. The minimum Gasteiger partial charge on any atom is -0.306 e. The summed E-state index contributed by atoms with van der Waals surface area (Å²) < 4.78 is 1.87. The first-order valence-electron chi connectivity index (χ1n) is 11.8. The van der Waals surface area contributed by atoms with Crippen LogP contribution in [-0.4, -0.2) is 57.3 Å². The van der Waals surface area contributed by atoms with Crippen LogP contribution in [-0.2, 0) is 22.6 Å². The van der Waals surface area contributed by atoms with Gasteiger partial charge in [0.1, 0.15) is 0 Å². The first-order valence-corrected chi connectivity index (χ1v) is 11.8. The van der Waals surface area contributed by atoms with Crippen molar-refractivity contribution in [2.75, 3.05) is 20.1 Å². The van der Waals surface area contributed by atoms with Crippen LogP contribution in [0.1, 0.15) is 37.7 Å². The number of carbonyl (C=O) groups is 2. The van der Waals surface area contributed by atoms with Crippen molar-refractivity contribution in [1.29, 1.82) is 0 Å². The molecular formula is C24H30N4O3. The molecular weight excluding hydrogens is 392 g/mol. The summed E-state index contributed by atoms with van der Waals surface area (Å²) in [4.78, 5) is 44.9. The van der Waals surface area contributed by atoms with E-state index in [2.05, 4.69) is 23.0 Å². The highest BCUT2D eigenvalue weighted by atomic mass is 16.2. The SMILES string of the molecule is CN(CCCCN1C(=O)C2C3CCC(C3)C2C1=O)[C@H]1Cc2cccc3[nH]c(=O)n(c23)C1. The molecule has 1 N–H and O–H groups in total. The van der Waals surface area contributed by atoms with E-state index in [1.807, 2.05) is 16.7 Å². The van der Waals surface area contributed by atoms with Gasteiger partial charge < -0.3 is 9.88 Å². The van der Waals surface area contributed by atoms with Crippen molar-refractivity contribution in [2.24, 2.45) is 23.7 Å². The van der Waals surface area contributed by atoms with Gasteiger partial charge in [-0.25, -0.2) is 4.79 Å². The van der Waals surface area contributed by atoms with Crippen molar-refractivity contribution in [2.45, 2.75) is 51.1 Å². The summed E-state index contributed by atoms with van der Waals surface area (Å²) in [6, 6.07) is 6.35. The minimum absolute atomic E-state index is 0.00673. The summed E-state index contributed by atoms with van der Waals surface area (Å²) in [6.45, 7) is 2.15. The van der Waals surface area contributed by atoms with Gasteiger partial charge in [-0.3, -0.25) is 19.1 Å². The average Bonchev–Trinajstić information content (AvgIpc) is 3.51. The maximum Gasteiger partial charge on any atom is 0.326 e. The van der Waals surface area contributed by atoms with Gasteiger partial charge in [-0.1, -0.05) is 12.1 Å². The van der Waals surface area contributed by atoms with Crippen LogP contribution in [0.15, 0.2) is 23.0 Å². The van der Waals surface area contributed by atoms with Crippen LogP contribution in [0.3, 0.4) is 0 Å². The number of H-pyrrole nitrogens is 1. The van der Waals surface area contributed by atoms with Crippen molar-refractivity contribution in [3.63, 3.8) is 0 Å². The molecule has 3 fully saturated rings. The third-order valence-electron chi connectivity index (χ3n) is 8.51. The Morgan fingerprint density at radius 1 is 1.06 bits per heavy atom. The van der Waals surface area contributed by atoms with Crippen molar-refractivity contribution in [1.82, 2.24) is 19.4 Å². The number of benzene rings is 1. The number of unbranched alkanes of at least 4 members (excludes halogenated alkanes) is 1. The maximum atomic E-state index is 12.8. The Hall–Kier alpha value is -2.41. The van der Waals surface area contributed by atoms with E-state index in [1.54, 1.807) is 4.90 Å². The number of hydrogen-bond acceptors (Lipinski definition) is 4. The number of carbonyl (C=O) groups excluding carboxylic acids is 2. The maximum absolute atomic E-state index is 12.8. The van der Waals surface area contributed by atoms with Gasteiger partial charge in [0.25, 0.3) is 0 Å². The fraction of sp³-hybridized carbons (Fsp3) is 0.625. The Kier molecular flexibility index (Phi) is 4.39. The van der Waals surface area contributed by atoms with Gasteiger partial charge >= 0.3 is 5.69 Å².